The number of fused-ring (bicyclic) bond motifs is 1. The maximum absolute atomic E-state index is 13.7. The molecule has 4 bridgehead atoms. The molecule has 0 radical (unpaired) electrons. The van der Waals surface area contributed by atoms with Gasteiger partial charge in [-0.15, -0.1) is 0 Å². The van der Waals surface area contributed by atoms with Gasteiger partial charge in [-0.1, -0.05) is 44.2 Å². The lowest BCUT2D eigenvalue weighted by atomic mass is 9.58. The highest BCUT2D eigenvalue weighted by Gasteiger charge is 2.67. The minimum Gasteiger partial charge on any atom is -0.469 e. The first-order chi connectivity index (χ1) is 14.5. The molecule has 2 N–H and O–H groups in total. The summed E-state index contributed by atoms with van der Waals surface area (Å²) in [4.78, 5) is 28.1. The predicted octanol–water partition coefficient (Wildman–Crippen LogP) is 2.19. The van der Waals surface area contributed by atoms with Crippen LogP contribution in [0.4, 0.5) is 0 Å². The lowest BCUT2D eigenvalue weighted by molar-refractivity contribution is -0.142. The van der Waals surface area contributed by atoms with E-state index in [2.05, 4.69) is 29.4 Å². The molecule has 3 aliphatic heterocycles. The molecule has 0 spiro atoms. The third-order valence-electron chi connectivity index (χ3n) is 7.39. The van der Waals surface area contributed by atoms with Crippen molar-refractivity contribution in [3.63, 3.8) is 0 Å². The van der Waals surface area contributed by atoms with Crippen LogP contribution in [0.25, 0.3) is 0 Å². The SMILES string of the molecule is COC(=O)CC[C@@H]1[C@@H]2CN[C@@]3(C(=O)NCc4ccccc4)[C@@H](C2)CN(CC(C)C)[C@@H]13. The number of amides is 1. The highest BCUT2D eigenvalue weighted by Crippen LogP contribution is 2.53. The number of hydrogen-bond acceptors (Lipinski definition) is 5. The molecule has 3 heterocycles. The summed E-state index contributed by atoms with van der Waals surface area (Å²) in [7, 11) is 1.45. The number of piperidine rings is 2. The van der Waals surface area contributed by atoms with Crippen molar-refractivity contribution in [2.75, 3.05) is 26.7 Å². The van der Waals surface area contributed by atoms with Crippen molar-refractivity contribution in [1.29, 1.82) is 0 Å². The number of ether oxygens (including phenoxy) is 1. The average Bonchev–Trinajstić information content (AvgIpc) is 3.00. The van der Waals surface area contributed by atoms with E-state index in [0.29, 0.717) is 36.6 Å². The monoisotopic (exact) mass is 413 g/mol. The minimum absolute atomic E-state index is 0.119. The van der Waals surface area contributed by atoms with Crippen molar-refractivity contribution >= 4 is 11.9 Å². The summed E-state index contributed by atoms with van der Waals surface area (Å²) < 4.78 is 4.90. The van der Waals surface area contributed by atoms with Gasteiger partial charge >= 0.3 is 5.97 Å². The van der Waals surface area contributed by atoms with E-state index in [1.54, 1.807) is 0 Å². The molecule has 5 rings (SSSR count). The molecule has 6 nitrogen and oxygen atoms in total. The summed E-state index contributed by atoms with van der Waals surface area (Å²) in [5.41, 5.74) is 0.555. The molecule has 1 aliphatic carbocycles. The molecule has 3 saturated heterocycles. The summed E-state index contributed by atoms with van der Waals surface area (Å²) >= 11 is 0. The average molecular weight is 414 g/mol. The van der Waals surface area contributed by atoms with Crippen molar-refractivity contribution in [3.8, 4) is 0 Å². The van der Waals surface area contributed by atoms with Gasteiger partial charge in [-0.25, -0.2) is 0 Å². The van der Waals surface area contributed by atoms with E-state index in [1.165, 1.54) is 7.11 Å². The molecular weight excluding hydrogens is 378 g/mol. The lowest BCUT2D eigenvalue weighted by Crippen LogP contribution is -2.76. The highest BCUT2D eigenvalue weighted by atomic mass is 16.5. The van der Waals surface area contributed by atoms with Gasteiger partial charge in [0.1, 0.15) is 5.54 Å². The maximum atomic E-state index is 13.7. The van der Waals surface area contributed by atoms with Gasteiger partial charge in [0, 0.05) is 38.0 Å². The molecule has 0 unspecified atom stereocenters. The minimum atomic E-state index is -0.556. The fourth-order valence-corrected chi connectivity index (χ4v) is 6.28. The number of rotatable bonds is 8. The Balaban J connectivity index is 1.58. The summed E-state index contributed by atoms with van der Waals surface area (Å²) in [5, 5.41) is 6.93. The number of likely N-dealkylation sites (tertiary alicyclic amines) is 1. The van der Waals surface area contributed by atoms with Crippen molar-refractivity contribution in [1.82, 2.24) is 15.5 Å². The molecule has 1 aromatic carbocycles. The van der Waals surface area contributed by atoms with Gasteiger partial charge in [-0.3, -0.25) is 14.5 Å². The fourth-order valence-electron chi connectivity index (χ4n) is 6.28. The summed E-state index contributed by atoms with van der Waals surface area (Å²) in [5.74, 6) is 1.68. The molecule has 164 valence electrons. The second kappa shape index (κ2) is 8.67. The zero-order valence-corrected chi connectivity index (χ0v) is 18.4. The first-order valence-corrected chi connectivity index (χ1v) is 11.3. The van der Waals surface area contributed by atoms with E-state index in [1.807, 2.05) is 30.3 Å². The van der Waals surface area contributed by atoms with Crippen LogP contribution in [-0.4, -0.2) is 55.1 Å². The van der Waals surface area contributed by atoms with Crippen molar-refractivity contribution in [2.24, 2.45) is 23.7 Å². The summed E-state index contributed by atoms with van der Waals surface area (Å²) in [6.07, 6.45) is 2.28. The van der Waals surface area contributed by atoms with Crippen LogP contribution in [0, 0.1) is 23.7 Å². The number of benzene rings is 1. The fraction of sp³-hybridized carbons (Fsp3) is 0.667. The van der Waals surface area contributed by atoms with Gasteiger partial charge in [-0.05, 0) is 42.7 Å². The first kappa shape index (κ1) is 21.3. The molecule has 4 aliphatic rings. The Bertz CT molecular complexity index is 768. The maximum Gasteiger partial charge on any atom is 0.305 e. The van der Waals surface area contributed by atoms with Gasteiger partial charge in [0.2, 0.25) is 5.91 Å². The van der Waals surface area contributed by atoms with Crippen molar-refractivity contribution < 1.29 is 14.3 Å². The first-order valence-electron chi connectivity index (χ1n) is 11.3. The van der Waals surface area contributed by atoms with E-state index in [-0.39, 0.29) is 17.9 Å². The number of methoxy groups -OCH3 is 1. The van der Waals surface area contributed by atoms with Crippen LogP contribution in [0.2, 0.25) is 0 Å². The molecule has 1 amide bonds. The topological polar surface area (TPSA) is 70.7 Å². The quantitative estimate of drug-likeness (QED) is 0.640. The van der Waals surface area contributed by atoms with Gasteiger partial charge in [-0.2, -0.15) is 0 Å². The van der Waals surface area contributed by atoms with E-state index in [0.717, 1.165) is 38.0 Å². The number of hydrogen-bond donors (Lipinski definition) is 2. The standard InChI is InChI=1S/C24H35N3O3/c1-16(2)14-27-15-19-11-18-13-26-24(19,22(27)20(18)9-10-21(28)30-3)23(29)25-12-17-7-5-4-6-8-17/h4-8,16,18-20,22,26H,9-15H2,1-3H3,(H,25,29)/t18-,19-,20+,22-,24-/m0/s1. The smallest absolute Gasteiger partial charge is 0.305 e. The zero-order valence-electron chi connectivity index (χ0n) is 18.4. The van der Waals surface area contributed by atoms with E-state index >= 15 is 0 Å². The normalized spacial score (nSPS) is 32.4. The molecule has 1 aromatic rings. The second-order valence-corrected chi connectivity index (χ2v) is 9.68. The second-order valence-electron chi connectivity index (χ2n) is 9.68. The molecule has 1 saturated carbocycles. The van der Waals surface area contributed by atoms with Gasteiger partial charge in [0.15, 0.2) is 0 Å². The van der Waals surface area contributed by atoms with Crippen LogP contribution >= 0.6 is 0 Å². The third kappa shape index (κ3) is 3.76. The summed E-state index contributed by atoms with van der Waals surface area (Å²) in [6, 6.07) is 10.2. The molecule has 5 atom stereocenters. The van der Waals surface area contributed by atoms with Crippen LogP contribution in [0.15, 0.2) is 30.3 Å². The number of esters is 1. The Morgan fingerprint density at radius 2 is 2.07 bits per heavy atom. The Morgan fingerprint density at radius 1 is 1.30 bits per heavy atom. The molecule has 6 heteroatoms. The predicted molar refractivity (Wildman–Crippen MR) is 116 cm³/mol. The Morgan fingerprint density at radius 3 is 2.77 bits per heavy atom. The van der Waals surface area contributed by atoms with Gasteiger partial charge in [0.05, 0.1) is 7.11 Å². The van der Waals surface area contributed by atoms with Crippen LogP contribution in [0.3, 0.4) is 0 Å². The lowest BCUT2D eigenvalue weighted by Gasteiger charge is -2.56. The Kier molecular flexibility index (Phi) is 6.16. The van der Waals surface area contributed by atoms with E-state index in [4.69, 9.17) is 4.74 Å². The molecular formula is C24H35N3O3. The number of nitrogens with zero attached hydrogens (tertiary/aromatic N) is 1. The van der Waals surface area contributed by atoms with E-state index < -0.39 is 5.54 Å². The van der Waals surface area contributed by atoms with Crippen LogP contribution < -0.4 is 10.6 Å². The molecule has 4 fully saturated rings. The Hall–Kier alpha value is -1.92. The number of carbonyl (C=O) groups is 2. The molecule has 0 aromatic heterocycles. The van der Waals surface area contributed by atoms with Crippen LogP contribution in [0.1, 0.15) is 38.7 Å². The number of nitrogens with one attached hydrogen (secondary N) is 2. The van der Waals surface area contributed by atoms with Crippen LogP contribution in [0.5, 0.6) is 0 Å². The number of carbonyl (C=O) groups excluding carboxylic acids is 2. The third-order valence-corrected chi connectivity index (χ3v) is 7.39. The largest absolute Gasteiger partial charge is 0.469 e. The van der Waals surface area contributed by atoms with Gasteiger partial charge < -0.3 is 15.4 Å². The van der Waals surface area contributed by atoms with Gasteiger partial charge in [0.25, 0.3) is 0 Å². The Labute approximate surface area is 179 Å². The van der Waals surface area contributed by atoms with Crippen molar-refractivity contribution in [2.45, 2.75) is 51.2 Å². The van der Waals surface area contributed by atoms with E-state index in [9.17, 15) is 9.59 Å². The summed E-state index contributed by atoms with van der Waals surface area (Å²) in [6.45, 7) is 7.81. The zero-order chi connectivity index (χ0) is 21.3. The highest BCUT2D eigenvalue weighted by molar-refractivity contribution is 5.89. The van der Waals surface area contributed by atoms with Crippen LogP contribution in [-0.2, 0) is 20.9 Å². The molecule has 30 heavy (non-hydrogen) atoms. The van der Waals surface area contributed by atoms with Crippen molar-refractivity contribution in [3.05, 3.63) is 35.9 Å².